The first kappa shape index (κ1) is 17.9. The van der Waals surface area contributed by atoms with Crippen LogP contribution in [0.4, 0.5) is 4.79 Å². The maximum Gasteiger partial charge on any atom is 0.317 e. The Morgan fingerprint density at radius 3 is 2.36 bits per heavy atom. The van der Waals surface area contributed by atoms with E-state index in [-0.39, 0.29) is 6.03 Å². The van der Waals surface area contributed by atoms with Crippen LogP contribution in [0.1, 0.15) is 26.7 Å². The summed E-state index contributed by atoms with van der Waals surface area (Å²) in [6, 6.07) is 0.548. The zero-order valence-corrected chi connectivity index (χ0v) is 14.9. The van der Waals surface area contributed by atoms with E-state index < -0.39 is 0 Å². The van der Waals surface area contributed by atoms with Crippen LogP contribution in [0.15, 0.2) is 0 Å². The monoisotopic (exact) mass is 329 g/mol. The van der Waals surface area contributed by atoms with Gasteiger partial charge in [-0.3, -0.25) is 4.90 Å². The lowest BCUT2D eigenvalue weighted by Gasteiger charge is -2.39. The third-order valence-corrected chi connectivity index (χ3v) is 5.81. The molecule has 0 radical (unpaired) electrons. The summed E-state index contributed by atoms with van der Waals surface area (Å²) in [6.45, 7) is 10.6. The Balaban J connectivity index is 1.88. The molecule has 0 bridgehead atoms. The quantitative estimate of drug-likeness (QED) is 0.808. The van der Waals surface area contributed by atoms with E-state index in [1.165, 1.54) is 0 Å². The molecule has 22 heavy (non-hydrogen) atoms. The molecule has 2 saturated heterocycles. The Hall–Kier alpha value is -0.460. The van der Waals surface area contributed by atoms with E-state index in [0.29, 0.717) is 12.0 Å². The van der Waals surface area contributed by atoms with Crippen molar-refractivity contribution in [1.82, 2.24) is 15.1 Å². The Kier molecular flexibility index (Phi) is 7.83. The van der Waals surface area contributed by atoms with Gasteiger partial charge in [-0.05, 0) is 5.92 Å². The van der Waals surface area contributed by atoms with E-state index >= 15 is 0 Å². The minimum absolute atomic E-state index is 0.115. The molecule has 5 nitrogen and oxygen atoms in total. The summed E-state index contributed by atoms with van der Waals surface area (Å²) < 4.78 is 5.48. The van der Waals surface area contributed by atoms with E-state index in [1.54, 1.807) is 0 Å². The number of hydrogen-bond donors (Lipinski definition) is 1. The molecule has 0 aromatic carbocycles. The highest BCUT2D eigenvalue weighted by atomic mass is 32.2. The summed E-state index contributed by atoms with van der Waals surface area (Å²) in [5.41, 5.74) is 0. The first-order valence-electron chi connectivity index (χ1n) is 8.68. The van der Waals surface area contributed by atoms with Crippen molar-refractivity contribution in [2.75, 3.05) is 57.4 Å². The van der Waals surface area contributed by atoms with Crippen LogP contribution < -0.4 is 5.32 Å². The fourth-order valence-corrected chi connectivity index (χ4v) is 4.31. The number of thioether (sulfide) groups is 1. The van der Waals surface area contributed by atoms with Gasteiger partial charge < -0.3 is 15.0 Å². The number of rotatable bonds is 6. The molecule has 2 aliphatic rings. The molecule has 2 fully saturated rings. The van der Waals surface area contributed by atoms with Crippen molar-refractivity contribution in [3.63, 3.8) is 0 Å². The van der Waals surface area contributed by atoms with E-state index in [1.807, 2.05) is 16.7 Å². The third-order valence-electron chi connectivity index (χ3n) is 4.87. The Labute approximate surface area is 139 Å². The molecule has 0 saturated carbocycles. The van der Waals surface area contributed by atoms with Crippen molar-refractivity contribution < 1.29 is 9.53 Å². The summed E-state index contributed by atoms with van der Waals surface area (Å²) in [5, 5.41) is 3.19. The van der Waals surface area contributed by atoms with Crippen LogP contribution in [0.2, 0.25) is 0 Å². The minimum atomic E-state index is 0.115. The number of amides is 2. The topological polar surface area (TPSA) is 44.8 Å². The van der Waals surface area contributed by atoms with Gasteiger partial charge >= 0.3 is 6.03 Å². The van der Waals surface area contributed by atoms with Crippen molar-refractivity contribution in [2.24, 2.45) is 5.92 Å². The van der Waals surface area contributed by atoms with Crippen LogP contribution in [0.5, 0.6) is 0 Å². The van der Waals surface area contributed by atoms with E-state index in [2.05, 4.69) is 24.1 Å². The fraction of sp³-hybridized carbons (Fsp3) is 0.938. The number of carbonyl (C=O) groups is 1. The van der Waals surface area contributed by atoms with Crippen LogP contribution in [0, 0.1) is 5.92 Å². The molecular weight excluding hydrogens is 298 g/mol. The van der Waals surface area contributed by atoms with E-state index in [9.17, 15) is 4.79 Å². The lowest BCUT2D eigenvalue weighted by molar-refractivity contribution is 0.00213. The maximum atomic E-state index is 12.3. The Bertz CT molecular complexity index is 327. The summed E-state index contributed by atoms with van der Waals surface area (Å²) in [7, 11) is 0. The predicted molar refractivity (Wildman–Crippen MR) is 92.5 cm³/mol. The highest BCUT2D eigenvalue weighted by Gasteiger charge is 2.28. The molecule has 2 aliphatic heterocycles. The van der Waals surface area contributed by atoms with Gasteiger partial charge in [-0.1, -0.05) is 26.7 Å². The van der Waals surface area contributed by atoms with E-state index in [0.717, 1.165) is 70.3 Å². The van der Waals surface area contributed by atoms with Crippen LogP contribution in [0.3, 0.4) is 0 Å². The van der Waals surface area contributed by atoms with Crippen LogP contribution in [0.25, 0.3) is 0 Å². The van der Waals surface area contributed by atoms with Gasteiger partial charge in [-0.25, -0.2) is 4.79 Å². The number of urea groups is 1. The number of nitrogens with one attached hydrogen (secondary N) is 1. The predicted octanol–water partition coefficient (Wildman–Crippen LogP) is 1.88. The third kappa shape index (κ3) is 5.03. The van der Waals surface area contributed by atoms with Crippen molar-refractivity contribution in [2.45, 2.75) is 32.7 Å². The molecule has 1 atom stereocenters. The second-order valence-corrected chi connectivity index (χ2v) is 7.30. The van der Waals surface area contributed by atoms with Crippen molar-refractivity contribution in [3.05, 3.63) is 0 Å². The first-order valence-corrected chi connectivity index (χ1v) is 9.84. The van der Waals surface area contributed by atoms with Gasteiger partial charge in [0.25, 0.3) is 0 Å². The summed E-state index contributed by atoms with van der Waals surface area (Å²) in [4.78, 5) is 16.8. The first-order chi connectivity index (χ1) is 10.8. The highest BCUT2D eigenvalue weighted by molar-refractivity contribution is 7.99. The molecule has 128 valence electrons. The van der Waals surface area contributed by atoms with Crippen molar-refractivity contribution >= 4 is 17.8 Å². The van der Waals surface area contributed by atoms with Crippen LogP contribution >= 0.6 is 11.8 Å². The molecule has 0 spiro atoms. The number of morpholine rings is 1. The number of hydrogen-bond acceptors (Lipinski definition) is 4. The lowest BCUT2D eigenvalue weighted by Crippen LogP contribution is -2.54. The number of carbonyl (C=O) groups excluding carboxylic acids is 1. The molecular formula is C16H31N3O2S. The second-order valence-electron chi connectivity index (χ2n) is 6.08. The Morgan fingerprint density at radius 1 is 1.14 bits per heavy atom. The molecule has 1 unspecified atom stereocenters. The zero-order valence-electron chi connectivity index (χ0n) is 14.1. The van der Waals surface area contributed by atoms with Gasteiger partial charge in [0, 0.05) is 50.3 Å². The molecule has 6 heteroatoms. The minimum Gasteiger partial charge on any atom is -0.379 e. The highest BCUT2D eigenvalue weighted by Crippen LogP contribution is 2.19. The average Bonchev–Trinajstić information content (AvgIpc) is 2.60. The van der Waals surface area contributed by atoms with Crippen molar-refractivity contribution in [3.8, 4) is 0 Å². The SMILES string of the molecule is CCC(CC)C(CNC(=O)N1CCSCC1)N1CCOCC1. The molecule has 0 aliphatic carbocycles. The lowest BCUT2D eigenvalue weighted by atomic mass is 9.92. The standard InChI is InChI=1S/C16H31N3O2S/c1-3-14(4-2)15(18-5-9-21-10-6-18)13-17-16(20)19-7-11-22-12-8-19/h14-15H,3-13H2,1-2H3,(H,17,20). The molecule has 0 aromatic heterocycles. The van der Waals surface area contributed by atoms with Gasteiger partial charge in [0.1, 0.15) is 0 Å². The molecule has 2 heterocycles. The largest absolute Gasteiger partial charge is 0.379 e. The summed E-state index contributed by atoms with van der Waals surface area (Å²) >= 11 is 1.93. The molecule has 2 amide bonds. The average molecular weight is 330 g/mol. The maximum absolute atomic E-state index is 12.3. The normalized spacial score (nSPS) is 21.9. The van der Waals surface area contributed by atoms with Gasteiger partial charge in [0.15, 0.2) is 0 Å². The molecule has 1 N–H and O–H groups in total. The summed E-state index contributed by atoms with van der Waals surface area (Å²) in [6.07, 6.45) is 2.32. The van der Waals surface area contributed by atoms with Gasteiger partial charge in [0.2, 0.25) is 0 Å². The smallest absolute Gasteiger partial charge is 0.317 e. The van der Waals surface area contributed by atoms with Crippen LogP contribution in [-0.2, 0) is 4.74 Å². The van der Waals surface area contributed by atoms with Gasteiger partial charge in [-0.15, -0.1) is 0 Å². The van der Waals surface area contributed by atoms with Gasteiger partial charge in [0.05, 0.1) is 13.2 Å². The molecule has 0 aromatic rings. The second kappa shape index (κ2) is 9.63. The number of ether oxygens (including phenoxy) is 1. The van der Waals surface area contributed by atoms with Crippen molar-refractivity contribution in [1.29, 1.82) is 0 Å². The Morgan fingerprint density at radius 2 is 1.77 bits per heavy atom. The fourth-order valence-electron chi connectivity index (χ4n) is 3.41. The number of nitrogens with zero attached hydrogens (tertiary/aromatic N) is 2. The van der Waals surface area contributed by atoms with Gasteiger partial charge in [-0.2, -0.15) is 11.8 Å². The molecule has 2 rings (SSSR count). The zero-order chi connectivity index (χ0) is 15.8. The van der Waals surface area contributed by atoms with E-state index in [4.69, 9.17) is 4.74 Å². The summed E-state index contributed by atoms with van der Waals surface area (Å²) in [5.74, 6) is 2.76. The van der Waals surface area contributed by atoms with Crippen LogP contribution in [-0.4, -0.2) is 79.3 Å².